The predicted molar refractivity (Wildman–Crippen MR) is 89.2 cm³/mol. The van der Waals surface area contributed by atoms with E-state index in [4.69, 9.17) is 4.74 Å². The maximum Gasteiger partial charge on any atom is 0.227 e. The van der Waals surface area contributed by atoms with Crippen molar-refractivity contribution < 1.29 is 14.1 Å². The van der Waals surface area contributed by atoms with Gasteiger partial charge in [0.25, 0.3) is 0 Å². The first-order valence-corrected chi connectivity index (χ1v) is 7.71. The largest absolute Gasteiger partial charge is 0.497 e. The lowest BCUT2D eigenvalue weighted by molar-refractivity contribution is -0.657. The molecule has 3 rings (SSSR count). The van der Waals surface area contributed by atoms with Gasteiger partial charge >= 0.3 is 0 Å². The normalized spacial score (nSPS) is 10.6. The van der Waals surface area contributed by atoms with Gasteiger partial charge in [0.15, 0.2) is 6.20 Å². The molecule has 0 spiro atoms. The molecule has 1 aromatic heterocycles. The van der Waals surface area contributed by atoms with Gasteiger partial charge in [0, 0.05) is 22.2 Å². The number of hydrogen-bond donors (Lipinski definition) is 0. The smallest absolute Gasteiger partial charge is 0.227 e. The summed E-state index contributed by atoms with van der Waals surface area (Å²) >= 11 is 3.38. The molecule has 0 aliphatic carbocycles. The number of benzene rings is 2. The Morgan fingerprint density at radius 1 is 1.14 bits per heavy atom. The van der Waals surface area contributed by atoms with Gasteiger partial charge in [0.1, 0.15) is 5.75 Å². The molecular weight excluding hydrogens is 342 g/mol. The number of carbonyl (C=O) groups excluding carboxylic acids is 1. The van der Waals surface area contributed by atoms with Crippen molar-refractivity contribution in [3.8, 4) is 5.75 Å². The highest BCUT2D eigenvalue weighted by atomic mass is 79.9. The van der Waals surface area contributed by atoms with Crippen LogP contribution < -0.4 is 9.30 Å². The molecule has 0 saturated carbocycles. The molecule has 0 radical (unpaired) electrons. The van der Waals surface area contributed by atoms with E-state index in [9.17, 15) is 4.79 Å². The summed E-state index contributed by atoms with van der Waals surface area (Å²) in [6.07, 6.45) is 1.92. The van der Waals surface area contributed by atoms with Gasteiger partial charge in [0.2, 0.25) is 17.8 Å². The molecular formula is C18H15BrNO2+. The number of hydrogen-bond acceptors (Lipinski definition) is 2. The molecule has 0 bridgehead atoms. The van der Waals surface area contributed by atoms with E-state index in [1.54, 1.807) is 7.11 Å². The number of rotatable bonds is 4. The minimum atomic E-state index is 0.0841. The van der Waals surface area contributed by atoms with E-state index < -0.39 is 0 Å². The highest BCUT2D eigenvalue weighted by molar-refractivity contribution is 9.10. The van der Waals surface area contributed by atoms with E-state index in [0.29, 0.717) is 12.1 Å². The Balaban J connectivity index is 1.93. The molecule has 0 aliphatic heterocycles. The molecule has 110 valence electrons. The van der Waals surface area contributed by atoms with Crippen molar-refractivity contribution in [3.63, 3.8) is 0 Å². The molecule has 1 heterocycles. The summed E-state index contributed by atoms with van der Waals surface area (Å²) in [5.41, 5.74) is 1.72. The summed E-state index contributed by atoms with van der Waals surface area (Å²) in [5, 5.41) is 1.05. The van der Waals surface area contributed by atoms with E-state index in [1.165, 1.54) is 0 Å². The second kappa shape index (κ2) is 6.28. The summed E-state index contributed by atoms with van der Waals surface area (Å²) in [6, 6.07) is 17.2. The SMILES string of the molecule is COc1ccc2c(ccc[n+]2CC(=O)c2ccc(Br)cc2)c1. The Morgan fingerprint density at radius 3 is 2.64 bits per heavy atom. The zero-order valence-electron chi connectivity index (χ0n) is 12.1. The Kier molecular flexibility index (Phi) is 4.20. The van der Waals surface area contributed by atoms with Crippen molar-refractivity contribution in [1.29, 1.82) is 0 Å². The number of carbonyl (C=O) groups is 1. The Labute approximate surface area is 137 Å². The van der Waals surface area contributed by atoms with E-state index in [-0.39, 0.29) is 5.78 Å². The molecule has 22 heavy (non-hydrogen) atoms. The lowest BCUT2D eigenvalue weighted by Gasteiger charge is -2.04. The van der Waals surface area contributed by atoms with Gasteiger partial charge in [-0.1, -0.05) is 28.1 Å². The third-order valence-corrected chi connectivity index (χ3v) is 4.09. The summed E-state index contributed by atoms with van der Waals surface area (Å²) in [4.78, 5) is 12.4. The van der Waals surface area contributed by atoms with Crippen molar-refractivity contribution in [3.05, 3.63) is 70.8 Å². The van der Waals surface area contributed by atoms with Crippen LogP contribution in [0.25, 0.3) is 10.9 Å². The lowest BCUT2D eigenvalue weighted by atomic mass is 10.1. The molecule has 0 aliphatic rings. The molecule has 4 heteroatoms. The van der Waals surface area contributed by atoms with E-state index in [1.807, 2.05) is 65.4 Å². The van der Waals surface area contributed by atoms with Crippen LogP contribution in [0.15, 0.2) is 65.3 Å². The number of methoxy groups -OCH3 is 1. The predicted octanol–water partition coefficient (Wildman–Crippen LogP) is 3.78. The number of ketones is 1. The number of aromatic nitrogens is 1. The molecule has 0 N–H and O–H groups in total. The summed E-state index contributed by atoms with van der Waals surface area (Å²) in [5.74, 6) is 0.894. The zero-order chi connectivity index (χ0) is 15.5. The fraction of sp³-hybridized carbons (Fsp3) is 0.111. The average molecular weight is 357 g/mol. The standard InChI is InChI=1S/C18H15BrNO2/c1-22-16-8-9-17-14(11-16)3-2-10-20(17)12-18(21)13-4-6-15(19)7-5-13/h2-11H,12H2,1H3/q+1. The van der Waals surface area contributed by atoms with Gasteiger partial charge < -0.3 is 4.74 Å². The van der Waals surface area contributed by atoms with Crippen molar-refractivity contribution in [2.45, 2.75) is 6.54 Å². The summed E-state index contributed by atoms with van der Waals surface area (Å²) in [7, 11) is 1.65. The number of pyridine rings is 1. The van der Waals surface area contributed by atoms with Crippen molar-refractivity contribution >= 4 is 32.6 Å². The minimum Gasteiger partial charge on any atom is -0.497 e. The monoisotopic (exact) mass is 356 g/mol. The quantitative estimate of drug-likeness (QED) is 0.526. The minimum absolute atomic E-state index is 0.0841. The maximum absolute atomic E-state index is 12.4. The van der Waals surface area contributed by atoms with Crippen molar-refractivity contribution in [1.82, 2.24) is 0 Å². The molecule has 2 aromatic carbocycles. The number of Topliss-reactive ketones (excluding diaryl/α,β-unsaturated/α-hetero) is 1. The molecule has 3 nitrogen and oxygen atoms in total. The number of nitrogens with zero attached hydrogens (tertiary/aromatic N) is 1. The fourth-order valence-corrected chi connectivity index (χ4v) is 2.67. The highest BCUT2D eigenvalue weighted by Crippen LogP contribution is 2.18. The van der Waals surface area contributed by atoms with Gasteiger partial charge in [-0.05, 0) is 30.3 Å². The van der Waals surface area contributed by atoms with Crippen LogP contribution in [0.3, 0.4) is 0 Å². The number of fused-ring (bicyclic) bond motifs is 1. The van der Waals surface area contributed by atoms with E-state index in [0.717, 1.165) is 21.1 Å². The van der Waals surface area contributed by atoms with Gasteiger partial charge in [-0.2, -0.15) is 4.57 Å². The Morgan fingerprint density at radius 2 is 1.91 bits per heavy atom. The topological polar surface area (TPSA) is 30.2 Å². The van der Waals surface area contributed by atoms with Crippen LogP contribution in [0.5, 0.6) is 5.75 Å². The Hall–Kier alpha value is -2.20. The average Bonchev–Trinajstić information content (AvgIpc) is 2.55. The molecule has 0 atom stereocenters. The van der Waals surface area contributed by atoms with Crippen LogP contribution in [0.4, 0.5) is 0 Å². The first-order valence-electron chi connectivity index (χ1n) is 6.92. The second-order valence-electron chi connectivity index (χ2n) is 4.99. The third kappa shape index (κ3) is 3.02. The first kappa shape index (κ1) is 14.7. The summed E-state index contributed by atoms with van der Waals surface area (Å²) in [6.45, 7) is 0.311. The fourth-order valence-electron chi connectivity index (χ4n) is 2.41. The van der Waals surface area contributed by atoms with Gasteiger partial charge in [-0.25, -0.2) is 0 Å². The molecule has 3 aromatic rings. The van der Waals surface area contributed by atoms with Crippen molar-refractivity contribution in [2.24, 2.45) is 0 Å². The van der Waals surface area contributed by atoms with E-state index >= 15 is 0 Å². The Bertz CT molecular complexity index is 828. The van der Waals surface area contributed by atoms with Crippen LogP contribution in [0, 0.1) is 0 Å². The third-order valence-electron chi connectivity index (χ3n) is 3.57. The van der Waals surface area contributed by atoms with Crippen LogP contribution in [-0.2, 0) is 6.54 Å². The van der Waals surface area contributed by atoms with Gasteiger partial charge in [0.05, 0.1) is 12.5 Å². The lowest BCUT2D eigenvalue weighted by Crippen LogP contribution is -2.38. The molecule has 0 unspecified atom stereocenters. The maximum atomic E-state index is 12.4. The van der Waals surface area contributed by atoms with Crippen LogP contribution >= 0.6 is 15.9 Å². The van der Waals surface area contributed by atoms with E-state index in [2.05, 4.69) is 15.9 Å². The van der Waals surface area contributed by atoms with Crippen LogP contribution in [-0.4, -0.2) is 12.9 Å². The van der Waals surface area contributed by atoms with Gasteiger partial charge in [-0.3, -0.25) is 4.79 Å². The van der Waals surface area contributed by atoms with Crippen LogP contribution in [0.1, 0.15) is 10.4 Å². The number of ether oxygens (including phenoxy) is 1. The number of halogens is 1. The first-order chi connectivity index (χ1) is 10.7. The highest BCUT2D eigenvalue weighted by Gasteiger charge is 2.15. The summed E-state index contributed by atoms with van der Waals surface area (Å²) < 4.78 is 8.17. The zero-order valence-corrected chi connectivity index (χ0v) is 13.7. The molecule has 0 saturated heterocycles. The van der Waals surface area contributed by atoms with Gasteiger partial charge in [-0.15, -0.1) is 0 Å². The molecule has 0 amide bonds. The molecule has 0 fully saturated rings. The second-order valence-corrected chi connectivity index (χ2v) is 5.91. The van der Waals surface area contributed by atoms with Crippen LogP contribution in [0.2, 0.25) is 0 Å². The van der Waals surface area contributed by atoms with Crippen molar-refractivity contribution in [2.75, 3.05) is 7.11 Å².